The van der Waals surface area contributed by atoms with Crippen molar-refractivity contribution in [3.63, 3.8) is 0 Å². The number of nitrogens with one attached hydrogen (secondary N) is 1. The van der Waals surface area contributed by atoms with Crippen molar-refractivity contribution in [3.05, 3.63) is 59.7 Å². The van der Waals surface area contributed by atoms with E-state index in [1.165, 1.54) is 24.3 Å². The van der Waals surface area contributed by atoms with Crippen LogP contribution in [-0.4, -0.2) is 24.9 Å². The van der Waals surface area contributed by atoms with Gasteiger partial charge in [0.05, 0.1) is 5.69 Å². The van der Waals surface area contributed by atoms with Crippen molar-refractivity contribution >= 4 is 23.5 Å². The number of halogens is 2. The van der Waals surface area contributed by atoms with E-state index in [9.17, 15) is 18.4 Å². The number of amides is 1. The van der Waals surface area contributed by atoms with E-state index in [1.807, 2.05) is 0 Å². The third-order valence-corrected chi connectivity index (χ3v) is 3.45. The standard InChI is InChI=1S/C18H13F2NO4/c19-18(20)25-15-4-2-1-3-11(15)5-7-14(22)12-6-8-16-13(9-12)21-17(23)10-24-16/h1-9,18H,10H2,(H,21,23). The lowest BCUT2D eigenvalue weighted by atomic mass is 10.1. The number of ether oxygens (including phenoxy) is 2. The van der Waals surface area contributed by atoms with Crippen molar-refractivity contribution in [1.82, 2.24) is 0 Å². The molecule has 128 valence electrons. The van der Waals surface area contributed by atoms with E-state index in [-0.39, 0.29) is 24.0 Å². The van der Waals surface area contributed by atoms with Gasteiger partial charge in [-0.3, -0.25) is 9.59 Å². The number of allylic oxidation sites excluding steroid dienone is 1. The van der Waals surface area contributed by atoms with E-state index in [2.05, 4.69) is 10.1 Å². The molecule has 3 rings (SSSR count). The summed E-state index contributed by atoms with van der Waals surface area (Å²) in [7, 11) is 0. The molecule has 0 atom stereocenters. The number of benzene rings is 2. The number of carbonyl (C=O) groups excluding carboxylic acids is 2. The molecule has 1 N–H and O–H groups in total. The molecule has 0 spiro atoms. The summed E-state index contributed by atoms with van der Waals surface area (Å²) in [6, 6.07) is 10.8. The van der Waals surface area contributed by atoms with Crippen LogP contribution < -0.4 is 14.8 Å². The van der Waals surface area contributed by atoms with Gasteiger partial charge in [-0.2, -0.15) is 8.78 Å². The van der Waals surface area contributed by atoms with Crippen LogP contribution in [0.5, 0.6) is 11.5 Å². The molecule has 2 aromatic carbocycles. The molecule has 0 saturated carbocycles. The van der Waals surface area contributed by atoms with Gasteiger partial charge in [0.2, 0.25) is 0 Å². The molecule has 0 bridgehead atoms. The molecule has 0 fully saturated rings. The Morgan fingerprint density at radius 2 is 2.04 bits per heavy atom. The van der Waals surface area contributed by atoms with Gasteiger partial charge in [0.1, 0.15) is 11.5 Å². The minimum Gasteiger partial charge on any atom is -0.482 e. The molecule has 0 unspecified atom stereocenters. The molecule has 0 radical (unpaired) electrons. The maximum atomic E-state index is 12.4. The second-order valence-corrected chi connectivity index (χ2v) is 5.16. The summed E-state index contributed by atoms with van der Waals surface area (Å²) in [5.74, 6) is -0.191. The van der Waals surface area contributed by atoms with Gasteiger partial charge in [0.15, 0.2) is 12.4 Å². The molecule has 1 heterocycles. The first-order valence-electron chi connectivity index (χ1n) is 7.36. The summed E-state index contributed by atoms with van der Waals surface area (Å²) in [5.41, 5.74) is 1.09. The number of para-hydroxylation sites is 1. The van der Waals surface area contributed by atoms with Crippen molar-refractivity contribution < 1.29 is 27.8 Å². The topological polar surface area (TPSA) is 64.6 Å². The highest BCUT2D eigenvalue weighted by atomic mass is 19.3. The lowest BCUT2D eigenvalue weighted by Gasteiger charge is -2.18. The number of alkyl halides is 2. The largest absolute Gasteiger partial charge is 0.482 e. The zero-order chi connectivity index (χ0) is 17.8. The molecule has 1 aliphatic heterocycles. The van der Waals surface area contributed by atoms with Gasteiger partial charge in [-0.25, -0.2) is 0 Å². The Morgan fingerprint density at radius 1 is 1.24 bits per heavy atom. The van der Waals surface area contributed by atoms with Crippen LogP contribution in [0.3, 0.4) is 0 Å². The zero-order valence-corrected chi connectivity index (χ0v) is 12.9. The monoisotopic (exact) mass is 345 g/mol. The predicted octanol–water partition coefficient (Wildman–Crippen LogP) is 3.52. The molecule has 5 nitrogen and oxygen atoms in total. The molecule has 7 heteroatoms. The zero-order valence-electron chi connectivity index (χ0n) is 12.9. The van der Waals surface area contributed by atoms with Crippen LogP contribution in [0, 0.1) is 0 Å². The van der Waals surface area contributed by atoms with Crippen molar-refractivity contribution in [2.45, 2.75) is 6.61 Å². The average molecular weight is 345 g/mol. The minimum atomic E-state index is -2.95. The number of hydrogen-bond donors (Lipinski definition) is 1. The van der Waals surface area contributed by atoms with Gasteiger partial charge < -0.3 is 14.8 Å². The van der Waals surface area contributed by atoms with E-state index < -0.39 is 6.61 Å². The van der Waals surface area contributed by atoms with Crippen LogP contribution in [0.15, 0.2) is 48.5 Å². The fourth-order valence-corrected chi connectivity index (χ4v) is 2.32. The Kier molecular flexibility index (Phi) is 4.74. The molecule has 0 aromatic heterocycles. The number of rotatable bonds is 5. The second kappa shape index (κ2) is 7.12. The third kappa shape index (κ3) is 4.00. The molecule has 0 aliphatic carbocycles. The van der Waals surface area contributed by atoms with Gasteiger partial charge in [0.25, 0.3) is 5.91 Å². The van der Waals surface area contributed by atoms with Gasteiger partial charge in [-0.1, -0.05) is 18.2 Å². The molecular weight excluding hydrogens is 332 g/mol. The normalized spacial score (nSPS) is 13.3. The van der Waals surface area contributed by atoms with Crippen LogP contribution in [0.2, 0.25) is 0 Å². The maximum Gasteiger partial charge on any atom is 0.387 e. The fourth-order valence-electron chi connectivity index (χ4n) is 2.32. The van der Waals surface area contributed by atoms with E-state index in [4.69, 9.17) is 4.74 Å². The maximum absolute atomic E-state index is 12.4. The Labute approximate surface area is 141 Å². The number of anilines is 1. The summed E-state index contributed by atoms with van der Waals surface area (Å²) >= 11 is 0. The van der Waals surface area contributed by atoms with Gasteiger partial charge in [-0.05, 0) is 36.4 Å². The summed E-state index contributed by atoms with van der Waals surface area (Å²) < 4.78 is 34.4. The third-order valence-electron chi connectivity index (χ3n) is 3.45. The molecule has 1 amide bonds. The van der Waals surface area contributed by atoms with Crippen LogP contribution in [-0.2, 0) is 4.79 Å². The Morgan fingerprint density at radius 3 is 2.84 bits per heavy atom. The lowest BCUT2D eigenvalue weighted by molar-refractivity contribution is -0.118. The van der Waals surface area contributed by atoms with Crippen LogP contribution >= 0.6 is 0 Å². The summed E-state index contributed by atoms with van der Waals surface area (Å²) in [4.78, 5) is 23.6. The number of hydrogen-bond acceptors (Lipinski definition) is 4. The second-order valence-electron chi connectivity index (χ2n) is 5.16. The first-order valence-corrected chi connectivity index (χ1v) is 7.36. The SMILES string of the molecule is O=C1COc2ccc(C(=O)C=Cc3ccccc3OC(F)F)cc2N1. The van der Waals surface area contributed by atoms with Crippen molar-refractivity contribution in [1.29, 1.82) is 0 Å². The highest BCUT2D eigenvalue weighted by Crippen LogP contribution is 2.29. The van der Waals surface area contributed by atoms with Crippen LogP contribution in [0.1, 0.15) is 15.9 Å². The van der Waals surface area contributed by atoms with Crippen LogP contribution in [0.25, 0.3) is 6.08 Å². The van der Waals surface area contributed by atoms with Crippen molar-refractivity contribution in [2.24, 2.45) is 0 Å². The molecule has 0 saturated heterocycles. The van der Waals surface area contributed by atoms with Crippen molar-refractivity contribution in [2.75, 3.05) is 11.9 Å². The Balaban J connectivity index is 1.80. The molecule has 1 aliphatic rings. The van der Waals surface area contributed by atoms with Gasteiger partial charge in [-0.15, -0.1) is 0 Å². The number of fused-ring (bicyclic) bond motifs is 1. The van der Waals surface area contributed by atoms with Gasteiger partial charge in [0, 0.05) is 11.1 Å². The highest BCUT2D eigenvalue weighted by molar-refractivity contribution is 6.08. The summed E-state index contributed by atoms with van der Waals surface area (Å²) in [6.45, 7) is -3.02. The highest BCUT2D eigenvalue weighted by Gasteiger charge is 2.17. The van der Waals surface area contributed by atoms with Crippen molar-refractivity contribution in [3.8, 4) is 11.5 Å². The van der Waals surface area contributed by atoms with E-state index >= 15 is 0 Å². The van der Waals surface area contributed by atoms with E-state index in [0.29, 0.717) is 22.6 Å². The average Bonchev–Trinajstić information content (AvgIpc) is 2.59. The smallest absolute Gasteiger partial charge is 0.387 e. The molecular formula is C18H13F2NO4. The summed E-state index contributed by atoms with van der Waals surface area (Å²) in [5, 5.41) is 2.62. The Bertz CT molecular complexity index is 849. The lowest BCUT2D eigenvalue weighted by Crippen LogP contribution is -2.25. The van der Waals surface area contributed by atoms with E-state index in [1.54, 1.807) is 30.3 Å². The quantitative estimate of drug-likeness (QED) is 0.665. The van der Waals surface area contributed by atoms with Gasteiger partial charge >= 0.3 is 6.61 Å². The Hall–Kier alpha value is -3.22. The first-order chi connectivity index (χ1) is 12.0. The fraction of sp³-hybridized carbons (Fsp3) is 0.111. The predicted molar refractivity (Wildman–Crippen MR) is 87.0 cm³/mol. The van der Waals surface area contributed by atoms with E-state index in [0.717, 1.165) is 0 Å². The minimum absolute atomic E-state index is 0.0207. The first kappa shape index (κ1) is 16.6. The number of ketones is 1. The number of carbonyl (C=O) groups is 2. The van der Waals surface area contributed by atoms with Crippen LogP contribution in [0.4, 0.5) is 14.5 Å². The molecule has 25 heavy (non-hydrogen) atoms. The summed E-state index contributed by atoms with van der Waals surface area (Å²) in [6.07, 6.45) is 2.65. The molecule has 2 aromatic rings.